The Balaban J connectivity index is 2.28. The molecule has 0 aliphatic heterocycles. The first kappa shape index (κ1) is 21.5. The quantitative estimate of drug-likeness (QED) is 0.514. The number of alkyl halides is 5. The number of hydrogen-bond acceptors (Lipinski definition) is 4. The molecule has 0 aliphatic rings. The van der Waals surface area contributed by atoms with Crippen molar-refractivity contribution in [1.29, 1.82) is 0 Å². The van der Waals surface area contributed by atoms with Crippen LogP contribution in [0.1, 0.15) is 33.6 Å². The third-order valence-electron chi connectivity index (χ3n) is 3.54. The Hall–Kier alpha value is -1.77. The van der Waals surface area contributed by atoms with Gasteiger partial charge in [-0.2, -0.15) is 13.2 Å². The van der Waals surface area contributed by atoms with Gasteiger partial charge in [-0.15, -0.1) is 11.3 Å². The molecule has 0 radical (unpaired) electrons. The van der Waals surface area contributed by atoms with E-state index in [1.807, 2.05) is 0 Å². The van der Waals surface area contributed by atoms with Gasteiger partial charge < -0.3 is 9.84 Å². The van der Waals surface area contributed by atoms with Crippen molar-refractivity contribution in [2.75, 3.05) is 0 Å². The maximum Gasteiger partial charge on any atom is 0.416 e. The van der Waals surface area contributed by atoms with Gasteiger partial charge in [-0.25, -0.2) is 4.79 Å². The van der Waals surface area contributed by atoms with Gasteiger partial charge in [0.2, 0.25) is 0 Å². The summed E-state index contributed by atoms with van der Waals surface area (Å²) in [6, 6.07) is 4.33. The first-order valence-corrected chi connectivity index (χ1v) is 9.34. The summed E-state index contributed by atoms with van der Waals surface area (Å²) in [6.07, 6.45) is -4.25. The van der Waals surface area contributed by atoms with Crippen LogP contribution in [-0.2, 0) is 17.4 Å². The van der Waals surface area contributed by atoms with Gasteiger partial charge >= 0.3 is 12.1 Å². The molecule has 1 N–H and O–H groups in total. The van der Waals surface area contributed by atoms with Crippen LogP contribution in [0.15, 0.2) is 29.6 Å². The third kappa shape index (κ3) is 5.85. The van der Waals surface area contributed by atoms with Crippen molar-refractivity contribution in [2.45, 2.75) is 30.3 Å². The number of benzene rings is 1. The zero-order chi connectivity index (χ0) is 20.2. The summed E-state index contributed by atoms with van der Waals surface area (Å²) in [7, 11) is 0. The van der Waals surface area contributed by atoms with Crippen LogP contribution in [0, 0.1) is 0 Å². The van der Waals surface area contributed by atoms with Gasteiger partial charge in [-0.1, -0.05) is 23.2 Å². The molecule has 1 aromatic heterocycles. The van der Waals surface area contributed by atoms with E-state index in [1.54, 1.807) is 0 Å². The van der Waals surface area contributed by atoms with Crippen LogP contribution in [-0.4, -0.2) is 21.7 Å². The molecule has 0 spiro atoms. The van der Waals surface area contributed by atoms with Crippen LogP contribution >= 0.6 is 34.5 Å². The van der Waals surface area contributed by atoms with Crippen molar-refractivity contribution in [3.8, 4) is 11.5 Å². The number of carbonyl (C=O) groups is 2. The molecule has 146 valence electrons. The average molecular weight is 441 g/mol. The van der Waals surface area contributed by atoms with Gasteiger partial charge in [-0.05, 0) is 48.1 Å². The lowest BCUT2D eigenvalue weighted by molar-refractivity contribution is -0.137. The molecule has 1 heterocycles. The molecular formula is C17H13Cl2F3O4S. The van der Waals surface area contributed by atoms with E-state index in [1.165, 1.54) is 11.4 Å². The molecule has 1 aromatic carbocycles. The fourth-order valence-corrected chi connectivity index (χ4v) is 3.14. The van der Waals surface area contributed by atoms with Crippen LogP contribution in [0.4, 0.5) is 13.2 Å². The number of hydrogen-bond donors (Lipinski definition) is 1. The molecule has 0 bridgehead atoms. The molecule has 0 unspecified atom stereocenters. The Labute approximate surface area is 166 Å². The van der Waals surface area contributed by atoms with E-state index in [0.29, 0.717) is 0 Å². The highest BCUT2D eigenvalue weighted by Crippen LogP contribution is 2.36. The summed E-state index contributed by atoms with van der Waals surface area (Å²) in [5, 5.41) is 10.6. The van der Waals surface area contributed by atoms with E-state index < -0.39 is 28.3 Å². The van der Waals surface area contributed by atoms with Crippen LogP contribution in [0.2, 0.25) is 0 Å². The second kappa shape index (κ2) is 8.95. The maximum atomic E-state index is 13.0. The molecule has 27 heavy (non-hydrogen) atoms. The normalized spacial score (nSPS) is 11.6. The molecular weight excluding hydrogens is 428 g/mol. The van der Waals surface area contributed by atoms with Gasteiger partial charge in [0.1, 0.15) is 5.75 Å². The summed E-state index contributed by atoms with van der Waals surface area (Å²) in [5.41, 5.74) is -0.673. The fourth-order valence-electron chi connectivity index (χ4n) is 2.27. The lowest BCUT2D eigenvalue weighted by Gasteiger charge is -2.14. The Morgan fingerprint density at radius 2 is 1.89 bits per heavy atom. The highest BCUT2D eigenvalue weighted by atomic mass is 35.5. The van der Waals surface area contributed by atoms with Gasteiger partial charge in [0.05, 0.1) is 5.56 Å². The predicted molar refractivity (Wildman–Crippen MR) is 96.2 cm³/mol. The van der Waals surface area contributed by atoms with Gasteiger partial charge in [0, 0.05) is 6.42 Å². The number of halogens is 5. The first-order chi connectivity index (χ1) is 12.6. The van der Waals surface area contributed by atoms with Crippen molar-refractivity contribution < 1.29 is 32.6 Å². The number of ether oxygens (including phenoxy) is 1. The summed E-state index contributed by atoms with van der Waals surface area (Å²) >= 11 is 11.8. The molecule has 0 fully saturated rings. The maximum absolute atomic E-state index is 13.0. The number of ketones is 1. The minimum atomic E-state index is -4.55. The van der Waals surface area contributed by atoms with Crippen molar-refractivity contribution >= 4 is 46.3 Å². The minimum absolute atomic E-state index is 0.00776. The van der Waals surface area contributed by atoms with Gasteiger partial charge in [-0.3, -0.25) is 4.79 Å². The highest BCUT2D eigenvalue weighted by molar-refractivity contribution is 7.12. The predicted octanol–water partition coefficient (Wildman–Crippen LogP) is 5.95. The zero-order valence-corrected chi connectivity index (χ0v) is 15.9. The zero-order valence-electron chi connectivity index (χ0n) is 13.6. The molecule has 2 rings (SSSR count). The molecule has 0 saturated heterocycles. The number of rotatable bonds is 8. The number of carbonyl (C=O) groups excluding carboxylic acids is 1. The molecule has 4 nitrogen and oxygen atoms in total. The first-order valence-electron chi connectivity index (χ1n) is 7.59. The fraction of sp³-hybridized carbons (Fsp3) is 0.294. The summed E-state index contributed by atoms with van der Waals surface area (Å²) in [4.78, 5) is 21.4. The molecule has 0 aliphatic carbocycles. The SMILES string of the molecule is O=C(O)c1sccc1Oc1ccc(C(F)(F)F)cc1CCCC(=O)C(Cl)Cl. The van der Waals surface area contributed by atoms with E-state index in [4.69, 9.17) is 33.0 Å². The summed E-state index contributed by atoms with van der Waals surface area (Å²) in [6.45, 7) is 0. The van der Waals surface area contributed by atoms with Crippen LogP contribution in [0.25, 0.3) is 0 Å². The number of carboxylic acid groups (broad SMARTS) is 1. The number of carboxylic acids is 1. The van der Waals surface area contributed by atoms with Crippen molar-refractivity contribution in [3.63, 3.8) is 0 Å². The number of thiophene rings is 1. The van der Waals surface area contributed by atoms with Crippen molar-refractivity contribution in [2.24, 2.45) is 0 Å². The van der Waals surface area contributed by atoms with E-state index in [0.717, 1.165) is 29.5 Å². The monoisotopic (exact) mass is 440 g/mol. The highest BCUT2D eigenvalue weighted by Gasteiger charge is 2.31. The molecule has 0 amide bonds. The Morgan fingerprint density at radius 1 is 1.19 bits per heavy atom. The molecule has 10 heteroatoms. The molecule has 0 saturated carbocycles. The molecule has 0 atom stereocenters. The van der Waals surface area contributed by atoms with E-state index in [-0.39, 0.29) is 41.2 Å². The van der Waals surface area contributed by atoms with Crippen LogP contribution in [0.3, 0.4) is 0 Å². The van der Waals surface area contributed by atoms with Crippen LogP contribution < -0.4 is 4.74 Å². The largest absolute Gasteiger partial charge is 0.477 e. The van der Waals surface area contributed by atoms with Crippen molar-refractivity contribution in [1.82, 2.24) is 0 Å². The Morgan fingerprint density at radius 3 is 2.48 bits per heavy atom. The Bertz CT molecular complexity index is 834. The lowest BCUT2D eigenvalue weighted by Crippen LogP contribution is -2.09. The number of Topliss-reactive ketones (excluding diaryl/α,β-unsaturated/α-hetero) is 1. The topological polar surface area (TPSA) is 63.6 Å². The standard InChI is InChI=1S/C17H13Cl2F3O4S/c18-15(19)11(23)3-1-2-9-8-10(17(20,21)22)4-5-12(9)26-13-6-7-27-14(13)16(24)25/h4-8,15H,1-3H2,(H,24,25). The van der Waals surface area contributed by atoms with E-state index in [9.17, 15) is 22.8 Å². The van der Waals surface area contributed by atoms with E-state index in [2.05, 4.69) is 0 Å². The minimum Gasteiger partial charge on any atom is -0.477 e. The number of aromatic carboxylic acids is 1. The third-order valence-corrected chi connectivity index (χ3v) is 4.91. The van der Waals surface area contributed by atoms with E-state index >= 15 is 0 Å². The van der Waals surface area contributed by atoms with Gasteiger partial charge in [0.25, 0.3) is 0 Å². The van der Waals surface area contributed by atoms with Gasteiger partial charge in [0.15, 0.2) is 21.2 Å². The van der Waals surface area contributed by atoms with Crippen molar-refractivity contribution in [3.05, 3.63) is 45.6 Å². The Kier molecular flexibility index (Phi) is 7.13. The smallest absolute Gasteiger partial charge is 0.416 e. The average Bonchev–Trinajstić information content (AvgIpc) is 3.03. The second-order valence-electron chi connectivity index (χ2n) is 5.46. The van der Waals surface area contributed by atoms with Crippen LogP contribution in [0.5, 0.6) is 11.5 Å². The molecule has 2 aromatic rings. The lowest BCUT2D eigenvalue weighted by atomic mass is 10.0. The summed E-state index contributed by atoms with van der Waals surface area (Å²) < 4.78 is 44.5. The summed E-state index contributed by atoms with van der Waals surface area (Å²) in [5.74, 6) is -1.51. The second-order valence-corrected chi connectivity index (χ2v) is 7.47. The number of aryl methyl sites for hydroxylation is 1.